The molecule has 0 saturated heterocycles. The molecule has 2 aromatic carbocycles. The Hall–Kier alpha value is -2.09. The number of fused-ring (bicyclic) bond motifs is 1. The van der Waals surface area contributed by atoms with Crippen LogP contribution >= 0.6 is 0 Å². The summed E-state index contributed by atoms with van der Waals surface area (Å²) in [4.78, 5) is 4.43. The lowest BCUT2D eigenvalue weighted by atomic mass is 9.98. The SMILES string of the molecule is C1=Nc2ccccc2CC(c2ccccc2)N1. The Morgan fingerprint density at radius 3 is 2.59 bits per heavy atom. The average Bonchev–Trinajstić information content (AvgIpc) is 2.62. The topological polar surface area (TPSA) is 24.4 Å². The smallest absolute Gasteiger partial charge is 0.0891 e. The highest BCUT2D eigenvalue weighted by Crippen LogP contribution is 2.26. The minimum absolute atomic E-state index is 0.309. The first kappa shape index (κ1) is 10.1. The Morgan fingerprint density at radius 1 is 0.941 bits per heavy atom. The van der Waals surface area contributed by atoms with E-state index in [-0.39, 0.29) is 0 Å². The Labute approximate surface area is 101 Å². The molecule has 84 valence electrons. The van der Waals surface area contributed by atoms with Crippen LogP contribution in [0, 0.1) is 0 Å². The van der Waals surface area contributed by atoms with E-state index in [4.69, 9.17) is 0 Å². The van der Waals surface area contributed by atoms with Crippen LogP contribution in [0.15, 0.2) is 59.6 Å². The number of hydrogen-bond donors (Lipinski definition) is 1. The second-order valence-corrected chi connectivity index (χ2v) is 4.22. The number of rotatable bonds is 1. The fourth-order valence-electron chi connectivity index (χ4n) is 2.18. The van der Waals surface area contributed by atoms with E-state index in [1.807, 2.05) is 18.5 Å². The van der Waals surface area contributed by atoms with Crippen molar-refractivity contribution < 1.29 is 0 Å². The average molecular weight is 222 g/mol. The van der Waals surface area contributed by atoms with Crippen LogP contribution in [0.4, 0.5) is 5.69 Å². The zero-order valence-corrected chi connectivity index (χ0v) is 9.51. The normalized spacial score (nSPS) is 18.0. The molecule has 2 nitrogen and oxygen atoms in total. The van der Waals surface area contributed by atoms with Gasteiger partial charge in [-0.15, -0.1) is 0 Å². The molecule has 0 spiro atoms. The molecule has 0 amide bonds. The summed E-state index contributed by atoms with van der Waals surface area (Å²) in [6, 6.07) is 19.1. The third kappa shape index (κ3) is 2.07. The van der Waals surface area contributed by atoms with Gasteiger partial charge in [0, 0.05) is 0 Å². The van der Waals surface area contributed by atoms with E-state index in [1.165, 1.54) is 11.1 Å². The van der Waals surface area contributed by atoms with E-state index in [0.717, 1.165) is 12.1 Å². The fourth-order valence-corrected chi connectivity index (χ4v) is 2.18. The standard InChI is InChI=1S/C15H14N2/c1-2-6-12(7-3-1)15-10-13-8-4-5-9-14(13)16-11-17-15/h1-9,11,15H,10H2,(H,16,17). The van der Waals surface area contributed by atoms with Crippen LogP contribution in [0.1, 0.15) is 17.2 Å². The summed E-state index contributed by atoms with van der Waals surface area (Å²) >= 11 is 0. The van der Waals surface area contributed by atoms with Crippen molar-refractivity contribution in [2.45, 2.75) is 12.5 Å². The summed E-state index contributed by atoms with van der Waals surface area (Å²) in [5, 5.41) is 3.35. The molecule has 0 saturated carbocycles. The highest BCUT2D eigenvalue weighted by atomic mass is 15.0. The maximum Gasteiger partial charge on any atom is 0.0891 e. The van der Waals surface area contributed by atoms with Gasteiger partial charge in [-0.1, -0.05) is 48.5 Å². The zero-order chi connectivity index (χ0) is 11.5. The largest absolute Gasteiger partial charge is 0.369 e. The lowest BCUT2D eigenvalue weighted by Gasteiger charge is -2.15. The number of hydrogen-bond acceptors (Lipinski definition) is 2. The number of benzene rings is 2. The molecule has 1 heterocycles. The minimum Gasteiger partial charge on any atom is -0.369 e. The first-order chi connectivity index (χ1) is 8.43. The molecule has 0 aromatic heterocycles. The van der Waals surface area contributed by atoms with Gasteiger partial charge in [-0.25, -0.2) is 4.99 Å². The van der Waals surface area contributed by atoms with Crippen molar-refractivity contribution in [2.75, 3.05) is 0 Å². The summed E-state index contributed by atoms with van der Waals surface area (Å²) in [5.74, 6) is 0. The zero-order valence-electron chi connectivity index (χ0n) is 9.51. The maximum atomic E-state index is 4.43. The molecule has 1 aliphatic rings. The van der Waals surface area contributed by atoms with Gasteiger partial charge in [-0.05, 0) is 23.6 Å². The number of nitrogens with zero attached hydrogens (tertiary/aromatic N) is 1. The van der Waals surface area contributed by atoms with Crippen LogP contribution in [-0.4, -0.2) is 6.34 Å². The van der Waals surface area contributed by atoms with E-state index in [2.05, 4.69) is 52.8 Å². The molecule has 0 fully saturated rings. The monoisotopic (exact) mass is 222 g/mol. The number of para-hydroxylation sites is 1. The van der Waals surface area contributed by atoms with Gasteiger partial charge in [0.15, 0.2) is 0 Å². The van der Waals surface area contributed by atoms with Crippen molar-refractivity contribution in [3.63, 3.8) is 0 Å². The quantitative estimate of drug-likeness (QED) is 0.787. The summed E-state index contributed by atoms with van der Waals surface area (Å²) in [6.45, 7) is 0. The molecule has 2 heteroatoms. The highest BCUT2D eigenvalue weighted by Gasteiger charge is 2.14. The van der Waals surface area contributed by atoms with Crippen molar-refractivity contribution in [1.29, 1.82) is 0 Å². The number of nitrogens with one attached hydrogen (secondary N) is 1. The molecule has 2 aromatic rings. The van der Waals surface area contributed by atoms with Gasteiger partial charge in [0.1, 0.15) is 0 Å². The molecule has 1 unspecified atom stereocenters. The number of aliphatic imine (C=N–C) groups is 1. The van der Waals surface area contributed by atoms with Crippen molar-refractivity contribution in [2.24, 2.45) is 4.99 Å². The summed E-state index contributed by atoms with van der Waals surface area (Å²) < 4.78 is 0. The van der Waals surface area contributed by atoms with E-state index in [9.17, 15) is 0 Å². The lowest BCUT2D eigenvalue weighted by molar-refractivity contribution is 0.658. The van der Waals surface area contributed by atoms with Gasteiger partial charge in [0.2, 0.25) is 0 Å². The molecule has 0 radical (unpaired) electrons. The Kier molecular flexibility index (Phi) is 2.62. The molecule has 17 heavy (non-hydrogen) atoms. The summed E-state index contributed by atoms with van der Waals surface area (Å²) in [6.07, 6.45) is 2.78. The molecule has 1 aliphatic heterocycles. The van der Waals surface area contributed by atoms with E-state index in [0.29, 0.717) is 6.04 Å². The Bertz CT molecular complexity index is 532. The van der Waals surface area contributed by atoms with Gasteiger partial charge in [0.25, 0.3) is 0 Å². The first-order valence-electron chi connectivity index (χ1n) is 5.85. The molecule has 3 rings (SSSR count). The maximum absolute atomic E-state index is 4.43. The van der Waals surface area contributed by atoms with Crippen LogP contribution in [0.25, 0.3) is 0 Å². The van der Waals surface area contributed by atoms with Gasteiger partial charge in [-0.3, -0.25) is 0 Å². The second-order valence-electron chi connectivity index (χ2n) is 4.22. The van der Waals surface area contributed by atoms with Gasteiger partial charge in [0.05, 0.1) is 18.1 Å². The third-order valence-electron chi connectivity index (χ3n) is 3.10. The molecule has 1 atom stereocenters. The fraction of sp³-hybridized carbons (Fsp3) is 0.133. The van der Waals surface area contributed by atoms with E-state index in [1.54, 1.807) is 0 Å². The van der Waals surface area contributed by atoms with Gasteiger partial charge < -0.3 is 5.32 Å². The molecule has 0 aliphatic carbocycles. The third-order valence-corrected chi connectivity index (χ3v) is 3.10. The molecular formula is C15H14N2. The molecule has 1 N–H and O–H groups in total. The van der Waals surface area contributed by atoms with Crippen LogP contribution < -0.4 is 5.32 Å². The lowest BCUT2D eigenvalue weighted by Crippen LogP contribution is -2.20. The van der Waals surface area contributed by atoms with Crippen molar-refractivity contribution >= 4 is 12.0 Å². The minimum atomic E-state index is 0.309. The second kappa shape index (κ2) is 4.42. The Balaban J connectivity index is 1.95. The van der Waals surface area contributed by atoms with Crippen molar-refractivity contribution in [3.05, 3.63) is 65.7 Å². The van der Waals surface area contributed by atoms with Crippen LogP contribution in [0.5, 0.6) is 0 Å². The molecular weight excluding hydrogens is 208 g/mol. The van der Waals surface area contributed by atoms with Gasteiger partial charge >= 0.3 is 0 Å². The van der Waals surface area contributed by atoms with Crippen molar-refractivity contribution in [3.8, 4) is 0 Å². The van der Waals surface area contributed by atoms with E-state index < -0.39 is 0 Å². The van der Waals surface area contributed by atoms with Crippen LogP contribution in [-0.2, 0) is 6.42 Å². The predicted octanol–water partition coefficient (Wildman–Crippen LogP) is 3.23. The van der Waals surface area contributed by atoms with Crippen molar-refractivity contribution in [1.82, 2.24) is 5.32 Å². The molecule has 0 bridgehead atoms. The predicted molar refractivity (Wildman–Crippen MR) is 70.6 cm³/mol. The van der Waals surface area contributed by atoms with Gasteiger partial charge in [-0.2, -0.15) is 0 Å². The van der Waals surface area contributed by atoms with Crippen LogP contribution in [0.2, 0.25) is 0 Å². The van der Waals surface area contributed by atoms with Crippen LogP contribution in [0.3, 0.4) is 0 Å². The summed E-state index contributed by atoms with van der Waals surface area (Å²) in [7, 11) is 0. The Morgan fingerprint density at radius 2 is 1.71 bits per heavy atom. The summed E-state index contributed by atoms with van der Waals surface area (Å²) in [5.41, 5.74) is 3.66. The highest BCUT2D eigenvalue weighted by molar-refractivity contribution is 5.65. The first-order valence-corrected chi connectivity index (χ1v) is 5.85. The van der Waals surface area contributed by atoms with E-state index >= 15 is 0 Å².